The lowest BCUT2D eigenvalue weighted by Crippen LogP contribution is -2.35. The predicted molar refractivity (Wildman–Crippen MR) is 94.0 cm³/mol. The van der Waals surface area contributed by atoms with Crippen LogP contribution in [0.3, 0.4) is 0 Å². The summed E-state index contributed by atoms with van der Waals surface area (Å²) in [7, 11) is -2.59. The lowest BCUT2D eigenvalue weighted by atomic mass is 10.3. The Morgan fingerprint density at radius 1 is 1.15 bits per heavy atom. The summed E-state index contributed by atoms with van der Waals surface area (Å²) in [4.78, 5) is 12.1. The quantitative estimate of drug-likeness (QED) is 0.763. The number of sulfonamides is 1. The second kappa shape index (κ2) is 7.22. The van der Waals surface area contributed by atoms with Crippen LogP contribution in [0.15, 0.2) is 47.4 Å². The van der Waals surface area contributed by atoms with Crippen molar-refractivity contribution in [2.75, 3.05) is 32.1 Å². The molecule has 8 nitrogen and oxygen atoms in total. The number of phenolic OH excluding ortho intramolecular Hbond substituents is 1. The van der Waals surface area contributed by atoms with E-state index in [1.54, 1.807) is 12.1 Å². The number of hydrogen-bond donors (Lipinski definition) is 2. The number of nitrogens with zero attached hydrogens (tertiary/aromatic N) is 1. The Morgan fingerprint density at radius 3 is 2.58 bits per heavy atom. The number of para-hydroxylation sites is 2. The molecule has 0 aliphatic carbocycles. The molecule has 0 saturated carbocycles. The zero-order valence-corrected chi connectivity index (χ0v) is 14.8. The Balaban J connectivity index is 1.73. The van der Waals surface area contributed by atoms with Gasteiger partial charge in [-0.25, -0.2) is 8.42 Å². The van der Waals surface area contributed by atoms with Crippen molar-refractivity contribution < 1.29 is 27.8 Å². The lowest BCUT2D eigenvalue weighted by Gasteiger charge is -2.21. The molecule has 2 N–H and O–H groups in total. The molecule has 0 unspecified atom stereocenters. The molecule has 1 aliphatic heterocycles. The number of amides is 1. The highest BCUT2D eigenvalue weighted by atomic mass is 32.2. The van der Waals surface area contributed by atoms with Crippen LogP contribution in [0, 0.1) is 0 Å². The number of likely N-dealkylation sites (N-methyl/N-ethyl adjacent to an activating group) is 1. The van der Waals surface area contributed by atoms with Crippen molar-refractivity contribution in [1.82, 2.24) is 4.31 Å². The molecule has 0 aromatic heterocycles. The van der Waals surface area contributed by atoms with Crippen molar-refractivity contribution in [3.63, 3.8) is 0 Å². The molecule has 1 aliphatic rings. The molecule has 9 heteroatoms. The van der Waals surface area contributed by atoms with E-state index in [4.69, 9.17) is 9.47 Å². The van der Waals surface area contributed by atoms with Crippen molar-refractivity contribution in [1.29, 1.82) is 0 Å². The smallest absolute Gasteiger partial charge is 0.243 e. The van der Waals surface area contributed by atoms with Crippen molar-refractivity contribution in [2.45, 2.75) is 4.90 Å². The van der Waals surface area contributed by atoms with Crippen LogP contribution in [-0.2, 0) is 14.8 Å². The van der Waals surface area contributed by atoms with Crippen LogP contribution in [0.25, 0.3) is 0 Å². The van der Waals surface area contributed by atoms with Gasteiger partial charge >= 0.3 is 0 Å². The van der Waals surface area contributed by atoms with E-state index in [0.717, 1.165) is 4.31 Å². The van der Waals surface area contributed by atoms with Gasteiger partial charge in [0.05, 0.1) is 17.1 Å². The number of ether oxygens (including phenoxy) is 2. The van der Waals surface area contributed by atoms with Gasteiger partial charge in [-0.15, -0.1) is 0 Å². The van der Waals surface area contributed by atoms with Crippen LogP contribution in [-0.4, -0.2) is 50.5 Å². The summed E-state index contributed by atoms with van der Waals surface area (Å²) in [5.74, 6) is 0.160. The average Bonchev–Trinajstić information content (AvgIpc) is 2.63. The second-order valence-electron chi connectivity index (χ2n) is 5.63. The maximum Gasteiger partial charge on any atom is 0.243 e. The largest absolute Gasteiger partial charge is 0.506 e. The Hall–Kier alpha value is -2.78. The lowest BCUT2D eigenvalue weighted by molar-refractivity contribution is -0.116. The van der Waals surface area contributed by atoms with Crippen LogP contribution >= 0.6 is 0 Å². The van der Waals surface area contributed by atoms with E-state index in [1.807, 2.05) is 0 Å². The highest BCUT2D eigenvalue weighted by Crippen LogP contribution is 2.33. The highest BCUT2D eigenvalue weighted by molar-refractivity contribution is 7.89. The molecule has 3 rings (SSSR count). The van der Waals surface area contributed by atoms with Gasteiger partial charge in [0.2, 0.25) is 15.9 Å². The maximum absolute atomic E-state index is 12.7. The number of carbonyl (C=O) groups excluding carboxylic acids is 1. The van der Waals surface area contributed by atoms with E-state index in [-0.39, 0.29) is 16.3 Å². The number of benzene rings is 2. The molecule has 2 aromatic carbocycles. The van der Waals surface area contributed by atoms with Gasteiger partial charge in [0.15, 0.2) is 11.5 Å². The Kier molecular flexibility index (Phi) is 5.01. The van der Waals surface area contributed by atoms with Crippen molar-refractivity contribution in [3.05, 3.63) is 42.5 Å². The molecule has 0 saturated heterocycles. The SMILES string of the molecule is CN(CC(=O)Nc1ccccc1O)S(=O)(=O)c1ccc2c(c1)OCCO2. The molecule has 2 aromatic rings. The van der Waals surface area contributed by atoms with E-state index in [0.29, 0.717) is 24.7 Å². The minimum absolute atomic E-state index is 0.000363. The summed E-state index contributed by atoms with van der Waals surface area (Å²) in [5.41, 5.74) is 0.211. The first kappa shape index (κ1) is 18.0. The number of nitrogens with one attached hydrogen (secondary N) is 1. The molecule has 1 amide bonds. The zero-order chi connectivity index (χ0) is 18.7. The van der Waals surface area contributed by atoms with Gasteiger partial charge < -0.3 is 19.9 Å². The Morgan fingerprint density at radius 2 is 1.85 bits per heavy atom. The van der Waals surface area contributed by atoms with Crippen molar-refractivity contribution in [3.8, 4) is 17.2 Å². The van der Waals surface area contributed by atoms with Gasteiger partial charge in [0.1, 0.15) is 19.0 Å². The maximum atomic E-state index is 12.7. The van der Waals surface area contributed by atoms with E-state index >= 15 is 0 Å². The molecule has 0 bridgehead atoms. The van der Waals surface area contributed by atoms with Crippen LogP contribution in [0.4, 0.5) is 5.69 Å². The topological polar surface area (TPSA) is 105 Å². The summed E-state index contributed by atoms with van der Waals surface area (Å²) < 4.78 is 37.0. The molecule has 1 heterocycles. The number of phenols is 1. The number of anilines is 1. The van der Waals surface area contributed by atoms with Gasteiger partial charge in [-0.05, 0) is 24.3 Å². The number of rotatable bonds is 5. The summed E-state index contributed by atoms with van der Waals surface area (Å²) in [6.45, 7) is 0.339. The Labute approximate surface area is 151 Å². The van der Waals surface area contributed by atoms with Crippen LogP contribution < -0.4 is 14.8 Å². The molecule has 138 valence electrons. The zero-order valence-electron chi connectivity index (χ0n) is 14.0. The van der Waals surface area contributed by atoms with E-state index in [2.05, 4.69) is 5.32 Å². The third kappa shape index (κ3) is 3.73. The van der Waals surface area contributed by atoms with Gasteiger partial charge in [0.25, 0.3) is 0 Å². The van der Waals surface area contributed by atoms with Crippen molar-refractivity contribution in [2.24, 2.45) is 0 Å². The monoisotopic (exact) mass is 378 g/mol. The minimum atomic E-state index is -3.90. The molecular weight excluding hydrogens is 360 g/mol. The fourth-order valence-corrected chi connectivity index (χ4v) is 3.56. The standard InChI is InChI=1S/C17H18N2O6S/c1-19(11-17(21)18-13-4-2-3-5-14(13)20)26(22,23)12-6-7-15-16(10-12)25-9-8-24-15/h2-7,10,20H,8-9,11H2,1H3,(H,18,21). The molecule has 0 fully saturated rings. The van der Waals surface area contributed by atoms with Crippen LogP contribution in [0.1, 0.15) is 0 Å². The van der Waals surface area contributed by atoms with Crippen LogP contribution in [0.2, 0.25) is 0 Å². The summed E-state index contributed by atoms with van der Waals surface area (Å²) in [5, 5.41) is 12.1. The number of carbonyl (C=O) groups is 1. The third-order valence-electron chi connectivity index (χ3n) is 3.77. The minimum Gasteiger partial charge on any atom is -0.506 e. The first-order chi connectivity index (χ1) is 12.4. The molecular formula is C17H18N2O6S. The highest BCUT2D eigenvalue weighted by Gasteiger charge is 2.25. The summed E-state index contributed by atoms with van der Waals surface area (Å²) >= 11 is 0. The van der Waals surface area contributed by atoms with E-state index in [9.17, 15) is 18.3 Å². The first-order valence-corrected chi connectivity index (χ1v) is 9.26. The molecule has 0 radical (unpaired) electrons. The summed E-state index contributed by atoms with van der Waals surface area (Å²) in [6.07, 6.45) is 0. The predicted octanol–water partition coefficient (Wildman–Crippen LogP) is 1.42. The van der Waals surface area contributed by atoms with Crippen LogP contribution in [0.5, 0.6) is 17.2 Å². The van der Waals surface area contributed by atoms with Gasteiger partial charge in [-0.2, -0.15) is 4.31 Å². The number of aromatic hydroxyl groups is 1. The molecule has 0 spiro atoms. The van der Waals surface area contributed by atoms with E-state index in [1.165, 1.54) is 37.4 Å². The van der Waals surface area contributed by atoms with Crippen molar-refractivity contribution >= 4 is 21.6 Å². The normalized spacial score (nSPS) is 13.5. The number of hydrogen-bond acceptors (Lipinski definition) is 6. The Bertz CT molecular complexity index is 929. The summed E-state index contributed by atoms with van der Waals surface area (Å²) in [6, 6.07) is 10.5. The fraction of sp³-hybridized carbons (Fsp3) is 0.235. The first-order valence-electron chi connectivity index (χ1n) is 7.82. The second-order valence-corrected chi connectivity index (χ2v) is 7.68. The average molecular weight is 378 g/mol. The molecule has 26 heavy (non-hydrogen) atoms. The van der Waals surface area contributed by atoms with E-state index < -0.39 is 22.5 Å². The molecule has 0 atom stereocenters. The number of fused-ring (bicyclic) bond motifs is 1. The fourth-order valence-electron chi connectivity index (χ4n) is 2.42. The van der Waals surface area contributed by atoms with Gasteiger partial charge in [0, 0.05) is 13.1 Å². The van der Waals surface area contributed by atoms with Gasteiger partial charge in [-0.3, -0.25) is 4.79 Å². The third-order valence-corrected chi connectivity index (χ3v) is 5.57. The van der Waals surface area contributed by atoms with Gasteiger partial charge in [-0.1, -0.05) is 12.1 Å².